The van der Waals surface area contributed by atoms with Crippen molar-refractivity contribution in [2.45, 2.75) is 29.6 Å². The highest BCUT2D eigenvalue weighted by Gasteiger charge is 2.26. The van der Waals surface area contributed by atoms with Crippen molar-refractivity contribution >= 4 is 50.6 Å². The van der Waals surface area contributed by atoms with E-state index in [0.717, 1.165) is 37.4 Å². The predicted molar refractivity (Wildman–Crippen MR) is 161 cm³/mol. The van der Waals surface area contributed by atoms with Gasteiger partial charge in [-0.05, 0) is 72.1 Å². The molecule has 0 spiro atoms. The maximum Gasteiger partial charge on any atom is 0.137 e. The molecule has 5 nitrogen and oxygen atoms in total. The molecule has 39 heavy (non-hydrogen) atoms. The highest BCUT2D eigenvalue weighted by molar-refractivity contribution is 7.99. The average molecular weight is 532 g/mol. The van der Waals surface area contributed by atoms with Crippen LogP contribution in [0.25, 0.3) is 27.6 Å². The molecule has 3 heterocycles. The van der Waals surface area contributed by atoms with E-state index in [4.69, 9.17) is 14.0 Å². The minimum absolute atomic E-state index is 0.400. The summed E-state index contributed by atoms with van der Waals surface area (Å²) >= 11 is 1.64. The molecular formula is C33H28N4OS. The van der Waals surface area contributed by atoms with E-state index < -0.39 is 6.98 Å². The lowest BCUT2D eigenvalue weighted by atomic mass is 10.1. The molecule has 6 heteroatoms. The predicted octanol–water partition coefficient (Wildman–Crippen LogP) is 8.89. The number of hydrogen-bond acceptors (Lipinski definition) is 5. The molecule has 0 N–H and O–H groups in total. The van der Waals surface area contributed by atoms with Crippen LogP contribution in [0.5, 0.6) is 0 Å². The number of pyridine rings is 1. The summed E-state index contributed by atoms with van der Waals surface area (Å²) in [5, 5.41) is 4.91. The van der Waals surface area contributed by atoms with Crippen LogP contribution in [-0.4, -0.2) is 16.5 Å². The Kier molecular flexibility index (Phi) is 5.03. The second-order valence-electron chi connectivity index (χ2n) is 9.89. The van der Waals surface area contributed by atoms with Crippen LogP contribution < -0.4 is 10.1 Å². The maximum absolute atomic E-state index is 7.92. The first-order valence-corrected chi connectivity index (χ1v) is 13.7. The summed E-state index contributed by atoms with van der Waals surface area (Å²) in [7, 11) is 0. The van der Waals surface area contributed by atoms with Crippen LogP contribution in [0.4, 0.5) is 17.1 Å². The molecule has 1 aliphatic heterocycles. The van der Waals surface area contributed by atoms with Crippen molar-refractivity contribution < 1.29 is 9.05 Å². The molecule has 0 atom stereocenters. The Hall–Kier alpha value is -4.26. The van der Waals surface area contributed by atoms with Crippen molar-refractivity contribution in [3.63, 3.8) is 0 Å². The summed E-state index contributed by atoms with van der Waals surface area (Å²) in [6.45, 7) is 1.95. The zero-order valence-electron chi connectivity index (χ0n) is 24.6. The maximum atomic E-state index is 7.92. The summed E-state index contributed by atoms with van der Waals surface area (Å²) in [5.41, 5.74) is 5.38. The highest BCUT2D eigenvalue weighted by Crippen LogP contribution is 2.42. The fourth-order valence-corrected chi connectivity index (χ4v) is 6.05. The normalized spacial score (nSPS) is 14.6. The van der Waals surface area contributed by atoms with E-state index in [-0.39, 0.29) is 0 Å². The second-order valence-corrected chi connectivity index (χ2v) is 11.0. The van der Waals surface area contributed by atoms with Crippen molar-refractivity contribution in [2.24, 2.45) is 0 Å². The van der Waals surface area contributed by atoms with E-state index >= 15 is 0 Å². The van der Waals surface area contributed by atoms with Gasteiger partial charge in [0.2, 0.25) is 0 Å². The van der Waals surface area contributed by atoms with Gasteiger partial charge >= 0.3 is 0 Å². The van der Waals surface area contributed by atoms with Gasteiger partial charge in [0, 0.05) is 37.8 Å². The van der Waals surface area contributed by atoms with E-state index in [9.17, 15) is 0 Å². The topological polar surface area (TPSA) is 33.5 Å². The lowest BCUT2D eigenvalue weighted by molar-refractivity contribution is 0.142. The van der Waals surface area contributed by atoms with Gasteiger partial charge in [-0.25, -0.2) is 10.0 Å². The summed E-state index contributed by atoms with van der Waals surface area (Å²) < 4.78 is 26.0. The van der Waals surface area contributed by atoms with Crippen molar-refractivity contribution in [2.75, 3.05) is 17.1 Å². The van der Waals surface area contributed by atoms with E-state index in [1.54, 1.807) is 29.0 Å². The Bertz CT molecular complexity index is 1950. The molecule has 2 aromatic heterocycles. The Morgan fingerprint density at radius 3 is 2.44 bits per heavy atom. The fourth-order valence-electron chi connectivity index (χ4n) is 5.15. The molecule has 0 aliphatic carbocycles. The Morgan fingerprint density at radius 2 is 1.56 bits per heavy atom. The largest absolute Gasteiger partial charge is 0.294 e. The number of para-hydroxylation sites is 3. The standard InChI is InChI=1S/C33H28N4OS/c1-22(2)23-17-18-34-33(19-23)36-29-12-5-4-11-27(29)28-16-15-26(21-32(28)36)39-25-10-8-9-24(20-25)37-31-14-7-6-13-30(31)35(3)38-37/h4-22H,1-3H3/i3D3. The van der Waals surface area contributed by atoms with Crippen molar-refractivity contribution in [3.8, 4) is 5.82 Å². The number of rotatable bonds is 5. The molecule has 0 saturated carbocycles. The number of anilines is 3. The van der Waals surface area contributed by atoms with Gasteiger partial charge in [-0.3, -0.25) is 4.57 Å². The number of aromatic nitrogens is 2. The van der Waals surface area contributed by atoms with Gasteiger partial charge in [0.1, 0.15) is 5.82 Å². The molecule has 0 bridgehead atoms. The first-order chi connectivity index (χ1) is 20.3. The summed E-state index contributed by atoms with van der Waals surface area (Å²) in [6, 6.07) is 34.5. The summed E-state index contributed by atoms with van der Waals surface area (Å²) in [4.78, 5) is 12.7. The Morgan fingerprint density at radius 1 is 0.769 bits per heavy atom. The van der Waals surface area contributed by atoms with Gasteiger partial charge in [-0.2, -0.15) is 5.06 Å². The Balaban J connectivity index is 1.27. The zero-order chi connectivity index (χ0) is 29.0. The van der Waals surface area contributed by atoms with Crippen molar-refractivity contribution in [3.05, 3.63) is 115 Å². The number of hydroxylamine groups is 1. The quantitative estimate of drug-likeness (QED) is 0.222. The van der Waals surface area contributed by atoms with E-state index in [1.165, 1.54) is 16.3 Å². The molecule has 192 valence electrons. The third kappa shape index (κ3) is 4.13. The van der Waals surface area contributed by atoms with Crippen LogP contribution >= 0.6 is 11.8 Å². The number of hydrogen-bond donors (Lipinski definition) is 0. The number of fused-ring (bicyclic) bond motifs is 4. The van der Waals surface area contributed by atoms with Gasteiger partial charge in [0.05, 0.1) is 28.1 Å². The molecular weight excluding hydrogens is 500 g/mol. The first-order valence-electron chi connectivity index (χ1n) is 14.4. The average Bonchev–Trinajstić information content (AvgIpc) is 3.54. The minimum Gasteiger partial charge on any atom is -0.294 e. The van der Waals surface area contributed by atoms with Crippen molar-refractivity contribution in [1.82, 2.24) is 9.55 Å². The van der Waals surface area contributed by atoms with Gasteiger partial charge in [0.15, 0.2) is 0 Å². The molecule has 0 amide bonds. The lowest BCUT2D eigenvalue weighted by Gasteiger charge is -2.18. The smallest absolute Gasteiger partial charge is 0.137 e. The molecule has 0 saturated heterocycles. The van der Waals surface area contributed by atoms with Crippen LogP contribution in [0, 0.1) is 0 Å². The Labute approximate surface area is 236 Å². The molecule has 0 radical (unpaired) electrons. The third-order valence-corrected chi connectivity index (χ3v) is 8.06. The van der Waals surface area contributed by atoms with Crippen LogP contribution in [0.1, 0.15) is 29.4 Å². The summed E-state index contributed by atoms with van der Waals surface area (Å²) in [6.07, 6.45) is 1.89. The van der Waals surface area contributed by atoms with Crippen LogP contribution in [0.3, 0.4) is 0 Å². The molecule has 4 aromatic carbocycles. The first kappa shape index (κ1) is 20.7. The van der Waals surface area contributed by atoms with Crippen molar-refractivity contribution in [1.29, 1.82) is 0 Å². The fraction of sp³-hybridized carbons (Fsp3) is 0.121. The molecule has 1 aliphatic rings. The zero-order valence-corrected chi connectivity index (χ0v) is 22.4. The van der Waals surface area contributed by atoms with Crippen LogP contribution in [-0.2, 0) is 4.94 Å². The minimum atomic E-state index is -2.44. The van der Waals surface area contributed by atoms with Gasteiger partial charge in [0.25, 0.3) is 0 Å². The monoisotopic (exact) mass is 531 g/mol. The summed E-state index contributed by atoms with van der Waals surface area (Å²) in [5.74, 6) is 1.30. The van der Waals surface area contributed by atoms with E-state index in [2.05, 4.69) is 73.0 Å². The molecule has 0 fully saturated rings. The van der Waals surface area contributed by atoms with Crippen LogP contribution in [0.15, 0.2) is 119 Å². The second kappa shape index (κ2) is 9.49. The van der Waals surface area contributed by atoms with Gasteiger partial charge < -0.3 is 0 Å². The number of nitrogens with zero attached hydrogens (tertiary/aromatic N) is 4. The SMILES string of the molecule is [2H]C([2H])([2H])N1ON(c2cccc(Sc3ccc4c5ccccc5n(-c5cc(C(C)C)ccn5)c4c3)c2)c2ccccc21. The molecule has 0 unspecified atom stereocenters. The van der Waals surface area contributed by atoms with Crippen LogP contribution in [0.2, 0.25) is 0 Å². The van der Waals surface area contributed by atoms with E-state index in [0.29, 0.717) is 17.3 Å². The number of benzene rings is 4. The van der Waals surface area contributed by atoms with E-state index in [1.807, 2.05) is 42.6 Å². The van der Waals surface area contributed by atoms with Gasteiger partial charge in [-0.15, -0.1) is 4.94 Å². The lowest BCUT2D eigenvalue weighted by Crippen LogP contribution is -2.20. The van der Waals surface area contributed by atoms with Gasteiger partial charge in [-0.1, -0.05) is 68.1 Å². The molecule has 7 rings (SSSR count). The third-order valence-electron chi connectivity index (χ3n) is 7.08. The highest BCUT2D eigenvalue weighted by atomic mass is 32.2. The molecule has 6 aromatic rings.